The van der Waals surface area contributed by atoms with Crippen LogP contribution in [-0.2, 0) is 9.13 Å². The predicted molar refractivity (Wildman–Crippen MR) is 29.9 cm³/mol. The molecule has 0 aliphatic rings. The number of hydrogen-bond donors (Lipinski definition) is 5. The van der Waals surface area contributed by atoms with E-state index in [1.807, 2.05) is 0 Å². The Morgan fingerprint density at radius 3 is 0.917 bits per heavy atom. The maximum atomic E-state index is 8.88. The van der Waals surface area contributed by atoms with Crippen LogP contribution in [0.1, 0.15) is 0 Å². The van der Waals surface area contributed by atoms with Crippen molar-refractivity contribution in [2.24, 2.45) is 0 Å². The van der Waals surface area contributed by atoms with Gasteiger partial charge in [-0.05, 0) is 0 Å². The van der Waals surface area contributed by atoms with E-state index in [1.165, 1.54) is 0 Å². The second-order valence-electron chi connectivity index (χ2n) is 1.00. The smallest absolute Gasteiger partial charge is 0.756 e. The van der Waals surface area contributed by atoms with Gasteiger partial charge in [0.2, 0.25) is 0 Å². The Hall–Kier alpha value is 1.18. The molecule has 0 rings (SSSR count). The third-order valence-electron chi connectivity index (χ3n) is 0. The van der Waals surface area contributed by atoms with Crippen molar-refractivity contribution in [3.63, 3.8) is 0 Å². The standard InChI is InChI=1S/Na.2H3O4P.H2O/c;2*1-5(2,3)4;/h;2*(H3,1,2,3,4);1H2/q+1;;;/p-1. The first kappa shape index (κ1) is 23.2. The van der Waals surface area contributed by atoms with Gasteiger partial charge in [0.25, 0.3) is 7.82 Å². The average molecular weight is 236 g/mol. The Balaban J connectivity index is -0.0000000457. The molecule has 0 aromatic rings. The number of phosphoric acid groups is 2. The first-order valence-corrected chi connectivity index (χ1v) is 4.64. The van der Waals surface area contributed by atoms with Crippen LogP contribution in [0.25, 0.3) is 0 Å². The molecule has 0 atom stereocenters. The third kappa shape index (κ3) is 832. The van der Waals surface area contributed by atoms with Crippen LogP contribution >= 0.6 is 15.6 Å². The van der Waals surface area contributed by atoms with Gasteiger partial charge in [0.1, 0.15) is 0 Å². The summed E-state index contributed by atoms with van der Waals surface area (Å²) in [4.78, 5) is 44.5. The van der Waals surface area contributed by atoms with Gasteiger partial charge in [0, 0.05) is 0 Å². The van der Waals surface area contributed by atoms with E-state index in [4.69, 9.17) is 38.5 Å². The Labute approximate surface area is 89.1 Å². The summed E-state index contributed by atoms with van der Waals surface area (Å²) in [5.74, 6) is 0. The molecular formula is H7NaO9P2. The molecule has 12 heteroatoms. The Morgan fingerprint density at radius 1 is 0.917 bits per heavy atom. The molecule has 0 unspecified atom stereocenters. The summed E-state index contributed by atoms with van der Waals surface area (Å²) in [6, 6.07) is 0. The molecule has 12 heavy (non-hydrogen) atoms. The van der Waals surface area contributed by atoms with E-state index in [0.29, 0.717) is 0 Å². The van der Waals surface area contributed by atoms with Crippen molar-refractivity contribution in [3.8, 4) is 0 Å². The van der Waals surface area contributed by atoms with Gasteiger partial charge in [-0.25, -0.2) is 4.57 Å². The van der Waals surface area contributed by atoms with E-state index < -0.39 is 15.6 Å². The molecule has 0 bridgehead atoms. The second-order valence-corrected chi connectivity index (χ2v) is 3.01. The quantitative estimate of drug-likeness (QED) is 0.202. The van der Waals surface area contributed by atoms with E-state index in [0.717, 1.165) is 0 Å². The predicted octanol–water partition coefficient (Wildman–Crippen LogP) is -6.31. The summed E-state index contributed by atoms with van der Waals surface area (Å²) in [6.45, 7) is 0. The molecule has 0 saturated carbocycles. The summed E-state index contributed by atoms with van der Waals surface area (Å²) in [5.41, 5.74) is 0. The molecule has 0 fully saturated rings. The van der Waals surface area contributed by atoms with Crippen molar-refractivity contribution in [2.75, 3.05) is 0 Å². The van der Waals surface area contributed by atoms with E-state index in [2.05, 4.69) is 0 Å². The summed E-state index contributed by atoms with van der Waals surface area (Å²) in [5, 5.41) is 0. The molecule has 0 aliphatic heterocycles. The van der Waals surface area contributed by atoms with Crippen LogP contribution in [0.4, 0.5) is 0 Å². The van der Waals surface area contributed by atoms with Crippen LogP contribution in [0, 0.1) is 0 Å². The molecule has 0 spiro atoms. The zero-order valence-electron chi connectivity index (χ0n) is 5.86. The van der Waals surface area contributed by atoms with E-state index in [1.54, 1.807) is 0 Å². The SMILES string of the molecule is O.O=P(O)(O)O.O=P([O-])(O)O.[Na+]. The van der Waals surface area contributed by atoms with Crippen LogP contribution < -0.4 is 34.5 Å². The fourth-order valence-electron chi connectivity index (χ4n) is 0. The molecule has 0 aliphatic carbocycles. The molecule has 72 valence electrons. The maximum Gasteiger partial charge on any atom is 1.00 e. The van der Waals surface area contributed by atoms with Crippen molar-refractivity contribution < 1.29 is 73.5 Å². The molecule has 0 radical (unpaired) electrons. The van der Waals surface area contributed by atoms with Crippen LogP contribution in [0.3, 0.4) is 0 Å². The van der Waals surface area contributed by atoms with Crippen LogP contribution in [0.15, 0.2) is 0 Å². The summed E-state index contributed by atoms with van der Waals surface area (Å²) in [6.07, 6.45) is 0. The van der Waals surface area contributed by atoms with E-state index in [-0.39, 0.29) is 35.0 Å². The minimum atomic E-state index is -4.89. The normalized spacial score (nSPS) is 9.83. The van der Waals surface area contributed by atoms with Crippen molar-refractivity contribution in [1.82, 2.24) is 0 Å². The molecule has 9 nitrogen and oxygen atoms in total. The first-order chi connectivity index (χ1) is 4.00. The van der Waals surface area contributed by atoms with Gasteiger partial charge in [0.05, 0.1) is 0 Å². The average Bonchev–Trinajstić information content (AvgIpc) is 1.12. The first-order valence-electron chi connectivity index (χ1n) is 1.55. The zero-order valence-corrected chi connectivity index (χ0v) is 9.64. The van der Waals surface area contributed by atoms with E-state index >= 15 is 0 Å². The largest absolute Gasteiger partial charge is 1.00 e. The van der Waals surface area contributed by atoms with Gasteiger partial charge in [-0.3, -0.25) is 4.57 Å². The zero-order chi connectivity index (χ0) is 9.00. The number of hydrogen-bond acceptors (Lipinski definition) is 3. The van der Waals surface area contributed by atoms with Gasteiger partial charge >= 0.3 is 37.4 Å². The molecule has 0 heterocycles. The topological polar surface area (TPSA) is 190 Å². The Kier molecular flexibility index (Phi) is 16.9. The van der Waals surface area contributed by atoms with Gasteiger partial charge < -0.3 is 34.8 Å². The maximum absolute atomic E-state index is 8.88. The summed E-state index contributed by atoms with van der Waals surface area (Å²) < 4.78 is 17.7. The second kappa shape index (κ2) is 8.76. The van der Waals surface area contributed by atoms with Crippen molar-refractivity contribution in [2.45, 2.75) is 0 Å². The molecule has 7 N–H and O–H groups in total. The Bertz CT molecular complexity index is 125. The van der Waals surface area contributed by atoms with Gasteiger partial charge in [-0.15, -0.1) is 0 Å². The van der Waals surface area contributed by atoms with Crippen molar-refractivity contribution in [3.05, 3.63) is 0 Å². The summed E-state index contributed by atoms with van der Waals surface area (Å²) in [7, 11) is -9.53. The van der Waals surface area contributed by atoms with Gasteiger partial charge in [-0.1, -0.05) is 0 Å². The third-order valence-corrected chi connectivity index (χ3v) is 0. The monoisotopic (exact) mass is 236 g/mol. The molecule has 0 amide bonds. The fraction of sp³-hybridized carbons (Fsp3) is 0. The molecule has 0 aromatic carbocycles. The Morgan fingerprint density at radius 2 is 0.917 bits per heavy atom. The van der Waals surface area contributed by atoms with Crippen molar-refractivity contribution >= 4 is 15.6 Å². The van der Waals surface area contributed by atoms with Gasteiger partial charge in [-0.2, -0.15) is 0 Å². The fourth-order valence-corrected chi connectivity index (χ4v) is 0. The minimum Gasteiger partial charge on any atom is -0.756 e. The van der Waals surface area contributed by atoms with E-state index in [9.17, 15) is 0 Å². The molecular weight excluding hydrogens is 229 g/mol. The van der Waals surface area contributed by atoms with Crippen molar-refractivity contribution in [1.29, 1.82) is 0 Å². The minimum absolute atomic E-state index is 0. The molecule has 0 aromatic heterocycles. The van der Waals surface area contributed by atoms with Gasteiger partial charge in [0.15, 0.2) is 0 Å². The number of rotatable bonds is 0. The van der Waals surface area contributed by atoms with Crippen LogP contribution in [-0.4, -0.2) is 29.9 Å². The van der Waals surface area contributed by atoms with Crippen LogP contribution in [0.5, 0.6) is 0 Å². The molecule has 0 saturated heterocycles. The van der Waals surface area contributed by atoms with Crippen LogP contribution in [0.2, 0.25) is 0 Å². The summed E-state index contributed by atoms with van der Waals surface area (Å²) >= 11 is 0.